The van der Waals surface area contributed by atoms with Crippen molar-refractivity contribution in [2.24, 2.45) is 11.8 Å². The van der Waals surface area contributed by atoms with E-state index in [0.717, 1.165) is 113 Å². The molecule has 8 rings (SSSR count). The molecule has 2 aliphatic carbocycles. The lowest BCUT2D eigenvalue weighted by Crippen LogP contribution is -2.58. The average molecular weight is 829 g/mol. The van der Waals surface area contributed by atoms with Crippen LogP contribution in [0, 0.1) is 11.8 Å². The number of methoxy groups -OCH3 is 2. The fourth-order valence-corrected chi connectivity index (χ4v) is 9.11. The Kier molecular flexibility index (Phi) is 11.6. The van der Waals surface area contributed by atoms with Crippen molar-refractivity contribution in [3.8, 4) is 33.5 Å². The number of aryl methyl sites for hydroxylation is 2. The van der Waals surface area contributed by atoms with E-state index in [1.807, 2.05) is 38.7 Å². The maximum absolute atomic E-state index is 13.8. The van der Waals surface area contributed by atoms with E-state index in [4.69, 9.17) is 19.4 Å². The molecule has 1 aliphatic heterocycles. The van der Waals surface area contributed by atoms with Crippen LogP contribution in [0.4, 0.5) is 9.59 Å². The van der Waals surface area contributed by atoms with Crippen molar-refractivity contribution in [3.63, 3.8) is 0 Å². The molecule has 0 unspecified atom stereocenters. The Morgan fingerprint density at radius 1 is 0.754 bits per heavy atom. The van der Waals surface area contributed by atoms with Crippen LogP contribution in [-0.4, -0.2) is 81.7 Å². The van der Waals surface area contributed by atoms with Gasteiger partial charge in [-0.15, -0.1) is 0 Å². The van der Waals surface area contributed by atoms with Crippen LogP contribution in [0.1, 0.15) is 95.2 Å². The number of hydrogen-bond acceptors (Lipinski definition) is 8. The summed E-state index contributed by atoms with van der Waals surface area (Å²) in [5.74, 6) is 0.912. The van der Waals surface area contributed by atoms with Crippen molar-refractivity contribution in [3.05, 3.63) is 83.6 Å². The summed E-state index contributed by atoms with van der Waals surface area (Å²) in [6.07, 6.45) is 5.62. The zero-order valence-corrected chi connectivity index (χ0v) is 35.8. The molecule has 14 heteroatoms. The van der Waals surface area contributed by atoms with Gasteiger partial charge in [-0.2, -0.15) is 0 Å². The van der Waals surface area contributed by atoms with Gasteiger partial charge in [0.15, 0.2) is 0 Å². The second kappa shape index (κ2) is 17.1. The van der Waals surface area contributed by atoms with Crippen LogP contribution in [0.25, 0.3) is 44.5 Å². The van der Waals surface area contributed by atoms with Crippen LogP contribution in [0.15, 0.2) is 60.7 Å². The Labute approximate surface area is 356 Å². The molecule has 0 spiro atoms. The summed E-state index contributed by atoms with van der Waals surface area (Å²) in [5, 5.41) is 8.61. The fraction of sp³-hybridized carbons (Fsp3) is 0.447. The molecule has 2 aromatic heterocycles. The molecular weight excluding hydrogens is 773 g/mol. The van der Waals surface area contributed by atoms with Crippen LogP contribution >= 0.6 is 0 Å². The molecule has 1 saturated heterocycles. The topological polar surface area (TPSA) is 183 Å². The summed E-state index contributed by atoms with van der Waals surface area (Å²) < 4.78 is 9.56. The number of nitrogens with zero attached hydrogens (tertiary/aromatic N) is 3. The van der Waals surface area contributed by atoms with Gasteiger partial charge >= 0.3 is 12.2 Å². The first-order valence-corrected chi connectivity index (χ1v) is 21.5. The van der Waals surface area contributed by atoms with Gasteiger partial charge in [0.05, 0.1) is 48.2 Å². The zero-order chi connectivity index (χ0) is 43.0. The van der Waals surface area contributed by atoms with E-state index in [-0.39, 0.29) is 29.7 Å². The van der Waals surface area contributed by atoms with Gasteiger partial charge in [-0.3, -0.25) is 9.59 Å². The minimum atomic E-state index is -0.733. The number of ether oxygens (including phenoxy) is 2. The second-order valence-electron chi connectivity index (χ2n) is 17.4. The molecule has 2 fully saturated rings. The second-order valence-corrected chi connectivity index (χ2v) is 17.4. The van der Waals surface area contributed by atoms with E-state index >= 15 is 0 Å². The smallest absolute Gasteiger partial charge is 0.407 e. The largest absolute Gasteiger partial charge is 0.453 e. The third kappa shape index (κ3) is 8.19. The highest BCUT2D eigenvalue weighted by Crippen LogP contribution is 2.42. The zero-order valence-electron chi connectivity index (χ0n) is 35.8. The van der Waals surface area contributed by atoms with Gasteiger partial charge in [-0.25, -0.2) is 19.6 Å². The number of amides is 4. The van der Waals surface area contributed by atoms with Gasteiger partial charge in [0.25, 0.3) is 0 Å². The summed E-state index contributed by atoms with van der Waals surface area (Å²) in [5.41, 5.74) is 9.93. The van der Waals surface area contributed by atoms with E-state index < -0.39 is 29.8 Å². The van der Waals surface area contributed by atoms with Gasteiger partial charge in [0.2, 0.25) is 11.8 Å². The van der Waals surface area contributed by atoms with Crippen LogP contribution in [0.3, 0.4) is 0 Å². The number of carbonyl (C=O) groups is 4. The molecule has 61 heavy (non-hydrogen) atoms. The first kappa shape index (κ1) is 41.5. The van der Waals surface area contributed by atoms with E-state index in [0.29, 0.717) is 6.54 Å². The molecule has 3 aromatic carbocycles. The minimum Gasteiger partial charge on any atom is -0.453 e. The normalized spacial score (nSPS) is 17.8. The number of H-pyrrole nitrogens is 2. The first-order chi connectivity index (χ1) is 29.4. The van der Waals surface area contributed by atoms with Crippen LogP contribution in [-0.2, 0) is 37.4 Å². The molecule has 0 bridgehead atoms. The number of likely N-dealkylation sites (tertiary alicyclic amines) is 1. The summed E-state index contributed by atoms with van der Waals surface area (Å²) in [6.45, 7) is 8.23. The predicted octanol–water partition coefficient (Wildman–Crippen LogP) is 7.70. The van der Waals surface area contributed by atoms with Crippen molar-refractivity contribution in [1.29, 1.82) is 0 Å². The van der Waals surface area contributed by atoms with Gasteiger partial charge < -0.3 is 40.3 Å². The Hall–Kier alpha value is -6.18. The lowest BCUT2D eigenvalue weighted by atomic mass is 9.75. The fourth-order valence-electron chi connectivity index (χ4n) is 9.11. The third-order valence-electron chi connectivity index (χ3n) is 12.7. The van der Waals surface area contributed by atoms with Crippen molar-refractivity contribution in [2.75, 3.05) is 20.8 Å². The molecule has 5 N–H and O–H groups in total. The van der Waals surface area contributed by atoms with Crippen molar-refractivity contribution < 1.29 is 28.7 Å². The maximum Gasteiger partial charge on any atom is 0.407 e. The van der Waals surface area contributed by atoms with Crippen LogP contribution in [0.5, 0.6) is 0 Å². The van der Waals surface area contributed by atoms with Gasteiger partial charge in [-0.1, -0.05) is 76.2 Å². The number of aromatic nitrogens is 4. The van der Waals surface area contributed by atoms with E-state index in [1.54, 1.807) is 0 Å². The lowest BCUT2D eigenvalue weighted by molar-refractivity contribution is -0.135. The molecular formula is C47H56N8O6. The quantitative estimate of drug-likeness (QED) is 0.0898. The van der Waals surface area contributed by atoms with E-state index in [2.05, 4.69) is 80.5 Å². The van der Waals surface area contributed by atoms with E-state index in [9.17, 15) is 19.2 Å². The molecule has 5 aromatic rings. The highest BCUT2D eigenvalue weighted by molar-refractivity contribution is 5.88. The Morgan fingerprint density at radius 2 is 1.39 bits per heavy atom. The average Bonchev–Trinajstić information content (AvgIpc) is 3.99. The highest BCUT2D eigenvalue weighted by atomic mass is 16.5. The van der Waals surface area contributed by atoms with Crippen molar-refractivity contribution in [1.82, 2.24) is 40.8 Å². The number of rotatable bonds is 11. The summed E-state index contributed by atoms with van der Waals surface area (Å²) >= 11 is 0. The molecule has 3 heterocycles. The molecule has 14 nitrogen and oxygen atoms in total. The molecule has 4 amide bonds. The van der Waals surface area contributed by atoms with Gasteiger partial charge in [0, 0.05) is 12.1 Å². The Morgan fingerprint density at radius 3 is 2.03 bits per heavy atom. The molecule has 1 saturated carbocycles. The minimum absolute atomic E-state index is 0.101. The van der Waals surface area contributed by atoms with Gasteiger partial charge in [-0.05, 0) is 103 Å². The number of aromatic amines is 2. The Balaban J connectivity index is 0.985. The number of benzene rings is 3. The third-order valence-corrected chi connectivity index (χ3v) is 12.7. The molecule has 3 atom stereocenters. The summed E-state index contributed by atoms with van der Waals surface area (Å²) in [6, 6.07) is 19.8. The van der Waals surface area contributed by atoms with Gasteiger partial charge in [0.1, 0.15) is 23.7 Å². The number of carbonyl (C=O) groups excluding carboxylic acids is 4. The standard InChI is InChI=1S/C47H56N8O6/c1-26(2)38(52-45(58)60-5)42(56)54-47(21-9-22-47)44-49-34-20-18-31(25-36(34)50-44)29-15-13-28(14-16-29)30-17-19-33-32(24-30)10-7-11-35-40(33)51-41(48-35)37-12-8-23-55(37)43(57)39(27(3)4)53-46(59)61-6/h13-20,24-27,37-39H,7-12,21-23H2,1-6H3,(H,48,51)(H,49,50)(H,52,58)(H,53,59)(H,54,56)/t37-,38-,39-/m0/s1. The van der Waals surface area contributed by atoms with Crippen molar-refractivity contribution >= 4 is 35.0 Å². The number of fused-ring (bicyclic) bond motifs is 4. The predicted molar refractivity (Wildman–Crippen MR) is 232 cm³/mol. The molecule has 3 aliphatic rings. The monoisotopic (exact) mass is 828 g/mol. The van der Waals surface area contributed by atoms with E-state index in [1.165, 1.54) is 19.8 Å². The SMILES string of the molecule is COC(=O)N[C@H](C(=O)NC1(c2nc3ccc(-c4ccc(-c5ccc6c(c5)CCCc5nc([C@@H]7CCCN7C(=O)[C@@H](NC(=O)OC)C(C)C)[nH]c5-6)cc4)cc3[nH]2)CCC1)C(C)C. The summed E-state index contributed by atoms with van der Waals surface area (Å²) in [4.78, 5) is 70.3. The number of hydrogen-bond donors (Lipinski definition) is 5. The number of imidazole rings is 2. The molecule has 320 valence electrons. The highest BCUT2D eigenvalue weighted by Gasteiger charge is 2.44. The Bertz CT molecular complexity index is 2450. The number of nitrogens with one attached hydrogen (secondary N) is 5. The van der Waals surface area contributed by atoms with Crippen LogP contribution < -0.4 is 16.0 Å². The maximum atomic E-state index is 13.8. The summed E-state index contributed by atoms with van der Waals surface area (Å²) in [7, 11) is 2.59. The number of alkyl carbamates (subject to hydrolysis) is 2. The first-order valence-electron chi connectivity index (χ1n) is 21.5. The molecule has 0 radical (unpaired) electrons. The van der Waals surface area contributed by atoms with Crippen LogP contribution in [0.2, 0.25) is 0 Å². The van der Waals surface area contributed by atoms with Crippen molar-refractivity contribution in [2.45, 2.75) is 103 Å². The lowest BCUT2D eigenvalue weighted by Gasteiger charge is -2.42.